The van der Waals surface area contributed by atoms with Crippen molar-refractivity contribution in [1.29, 1.82) is 0 Å². The minimum absolute atomic E-state index is 0.237. The Morgan fingerprint density at radius 3 is 2.79 bits per heavy atom. The van der Waals surface area contributed by atoms with Crippen LogP contribution in [-0.4, -0.2) is 21.0 Å². The van der Waals surface area contributed by atoms with Gasteiger partial charge in [0.05, 0.1) is 22.0 Å². The van der Waals surface area contributed by atoms with Crippen molar-refractivity contribution in [3.8, 4) is 0 Å². The van der Waals surface area contributed by atoms with Gasteiger partial charge >= 0.3 is 0 Å². The van der Waals surface area contributed by atoms with E-state index >= 15 is 0 Å². The van der Waals surface area contributed by atoms with Crippen LogP contribution in [0.4, 0.5) is 0 Å². The van der Waals surface area contributed by atoms with Gasteiger partial charge in [0, 0.05) is 13.5 Å². The molecule has 1 N–H and O–H groups in total. The average Bonchev–Trinajstić information content (AvgIpc) is 2.66. The standard InChI is InChI=1S/C15H25BrN2O/c1-4-12-15(16)13(18(3)17-12)9-14(19)11-7-5-6-10(2)8-11/h10-11,14,19H,4-9H2,1-3H3. The van der Waals surface area contributed by atoms with Crippen molar-refractivity contribution < 1.29 is 5.11 Å². The van der Waals surface area contributed by atoms with Gasteiger partial charge in [0.25, 0.3) is 0 Å². The highest BCUT2D eigenvalue weighted by molar-refractivity contribution is 9.10. The van der Waals surface area contributed by atoms with E-state index in [0.29, 0.717) is 12.3 Å². The highest BCUT2D eigenvalue weighted by Crippen LogP contribution is 2.33. The van der Waals surface area contributed by atoms with Gasteiger partial charge in [-0.25, -0.2) is 0 Å². The molecule has 1 aliphatic carbocycles. The van der Waals surface area contributed by atoms with E-state index in [2.05, 4.69) is 34.9 Å². The number of hydrogen-bond acceptors (Lipinski definition) is 2. The topological polar surface area (TPSA) is 38.0 Å². The predicted molar refractivity (Wildman–Crippen MR) is 81.1 cm³/mol. The molecule has 3 nitrogen and oxygen atoms in total. The highest BCUT2D eigenvalue weighted by atomic mass is 79.9. The molecule has 3 unspecified atom stereocenters. The number of nitrogens with zero attached hydrogens (tertiary/aromatic N) is 2. The van der Waals surface area contributed by atoms with Gasteiger partial charge in [-0.1, -0.05) is 26.7 Å². The SMILES string of the molecule is CCc1nn(C)c(CC(O)C2CCCC(C)C2)c1Br. The van der Waals surface area contributed by atoms with Crippen LogP contribution < -0.4 is 0 Å². The normalized spacial score (nSPS) is 25.5. The first-order valence-corrected chi connectivity index (χ1v) is 8.20. The minimum Gasteiger partial charge on any atom is -0.392 e. The maximum Gasteiger partial charge on any atom is 0.0766 e. The third-order valence-electron chi connectivity index (χ3n) is 4.43. The predicted octanol–water partition coefficient (Wildman–Crippen LogP) is 3.47. The van der Waals surface area contributed by atoms with E-state index in [4.69, 9.17) is 0 Å². The van der Waals surface area contributed by atoms with Crippen LogP contribution in [0.1, 0.15) is 50.9 Å². The van der Waals surface area contributed by atoms with Crippen LogP contribution in [0.15, 0.2) is 4.47 Å². The van der Waals surface area contributed by atoms with Gasteiger partial charge in [0.15, 0.2) is 0 Å². The largest absolute Gasteiger partial charge is 0.392 e. The van der Waals surface area contributed by atoms with Crippen molar-refractivity contribution in [3.63, 3.8) is 0 Å². The summed E-state index contributed by atoms with van der Waals surface area (Å²) >= 11 is 3.63. The number of hydrogen-bond donors (Lipinski definition) is 1. The molecule has 4 heteroatoms. The molecule has 1 fully saturated rings. The lowest BCUT2D eigenvalue weighted by atomic mass is 9.78. The Bertz CT molecular complexity index is 430. The molecule has 0 aliphatic heterocycles. The second-order valence-corrected chi connectivity index (χ2v) is 6.78. The Morgan fingerprint density at radius 1 is 1.47 bits per heavy atom. The molecular weight excluding hydrogens is 304 g/mol. The van der Waals surface area contributed by atoms with Gasteiger partial charge in [-0.2, -0.15) is 5.10 Å². The third-order valence-corrected chi connectivity index (χ3v) is 5.34. The molecule has 1 aromatic rings. The fourth-order valence-corrected chi connectivity index (χ4v) is 4.01. The van der Waals surface area contributed by atoms with E-state index < -0.39 is 0 Å². The Labute approximate surface area is 124 Å². The molecule has 19 heavy (non-hydrogen) atoms. The van der Waals surface area contributed by atoms with Gasteiger partial charge in [0.1, 0.15) is 0 Å². The lowest BCUT2D eigenvalue weighted by Gasteiger charge is -2.30. The number of rotatable bonds is 4. The van der Waals surface area contributed by atoms with Crippen LogP contribution in [0.5, 0.6) is 0 Å². The zero-order valence-corrected chi connectivity index (χ0v) is 13.8. The van der Waals surface area contributed by atoms with Gasteiger partial charge in [0.2, 0.25) is 0 Å². The van der Waals surface area contributed by atoms with E-state index in [9.17, 15) is 5.11 Å². The lowest BCUT2D eigenvalue weighted by Crippen LogP contribution is -2.28. The molecule has 108 valence electrons. The summed E-state index contributed by atoms with van der Waals surface area (Å²) in [6, 6.07) is 0. The molecule has 0 spiro atoms. The maximum atomic E-state index is 10.5. The molecule has 3 atom stereocenters. The second-order valence-electron chi connectivity index (χ2n) is 5.99. The van der Waals surface area contributed by atoms with Crippen LogP contribution in [0.25, 0.3) is 0 Å². The summed E-state index contributed by atoms with van der Waals surface area (Å²) < 4.78 is 3.00. The first-order chi connectivity index (χ1) is 9.02. The molecule has 0 saturated heterocycles. The highest BCUT2D eigenvalue weighted by Gasteiger charge is 2.27. The molecule has 1 aromatic heterocycles. The van der Waals surface area contributed by atoms with Gasteiger partial charge < -0.3 is 5.11 Å². The van der Waals surface area contributed by atoms with Crippen molar-refractivity contribution in [2.24, 2.45) is 18.9 Å². The quantitative estimate of drug-likeness (QED) is 0.918. The molecule has 0 amide bonds. The monoisotopic (exact) mass is 328 g/mol. The fraction of sp³-hybridized carbons (Fsp3) is 0.800. The number of halogens is 1. The van der Waals surface area contributed by atoms with E-state index in [1.54, 1.807) is 0 Å². The zero-order chi connectivity index (χ0) is 14.0. The lowest BCUT2D eigenvalue weighted by molar-refractivity contribution is 0.0704. The van der Waals surface area contributed by atoms with Crippen molar-refractivity contribution in [2.45, 2.75) is 58.5 Å². The Balaban J connectivity index is 2.06. The number of aryl methyl sites for hydroxylation is 2. The van der Waals surface area contributed by atoms with Crippen molar-refractivity contribution >= 4 is 15.9 Å². The summed E-state index contributed by atoms with van der Waals surface area (Å²) in [5, 5.41) is 15.0. The van der Waals surface area contributed by atoms with Gasteiger partial charge in [-0.15, -0.1) is 0 Å². The van der Waals surface area contributed by atoms with Crippen molar-refractivity contribution in [3.05, 3.63) is 15.9 Å². The average molecular weight is 329 g/mol. The summed E-state index contributed by atoms with van der Waals surface area (Å²) in [6.45, 7) is 4.41. The maximum absolute atomic E-state index is 10.5. The summed E-state index contributed by atoms with van der Waals surface area (Å²) in [7, 11) is 1.97. The summed E-state index contributed by atoms with van der Waals surface area (Å²) in [5.74, 6) is 1.21. The molecule has 1 saturated carbocycles. The van der Waals surface area contributed by atoms with Gasteiger partial charge in [-0.3, -0.25) is 4.68 Å². The Morgan fingerprint density at radius 2 is 2.21 bits per heavy atom. The van der Waals surface area contributed by atoms with E-state index in [0.717, 1.165) is 34.6 Å². The third kappa shape index (κ3) is 3.40. The molecular formula is C15H25BrN2O. The molecule has 1 aliphatic rings. The second kappa shape index (κ2) is 6.40. The number of aromatic nitrogens is 2. The molecule has 0 radical (unpaired) electrons. The molecule has 2 rings (SSSR count). The van der Waals surface area contributed by atoms with E-state index in [1.807, 2.05) is 11.7 Å². The molecule has 0 bridgehead atoms. The smallest absolute Gasteiger partial charge is 0.0766 e. The summed E-state index contributed by atoms with van der Waals surface area (Å²) in [4.78, 5) is 0. The Kier molecular flexibility index (Phi) is 5.07. The van der Waals surface area contributed by atoms with Crippen LogP contribution >= 0.6 is 15.9 Å². The fourth-order valence-electron chi connectivity index (χ4n) is 3.24. The number of aliphatic hydroxyl groups excluding tert-OH is 1. The van der Waals surface area contributed by atoms with Crippen LogP contribution in [0, 0.1) is 11.8 Å². The number of aliphatic hydroxyl groups is 1. The summed E-state index contributed by atoms with van der Waals surface area (Å²) in [5.41, 5.74) is 2.21. The molecule has 0 aromatic carbocycles. The van der Waals surface area contributed by atoms with Crippen LogP contribution in [0.3, 0.4) is 0 Å². The zero-order valence-electron chi connectivity index (χ0n) is 12.2. The van der Waals surface area contributed by atoms with Gasteiger partial charge in [-0.05, 0) is 47.0 Å². The first kappa shape index (κ1) is 15.0. The van der Waals surface area contributed by atoms with E-state index in [-0.39, 0.29) is 6.10 Å². The van der Waals surface area contributed by atoms with Crippen LogP contribution in [-0.2, 0) is 19.9 Å². The summed E-state index contributed by atoms with van der Waals surface area (Å²) in [6.07, 6.45) is 6.30. The van der Waals surface area contributed by atoms with Crippen LogP contribution in [0.2, 0.25) is 0 Å². The molecule has 1 heterocycles. The van der Waals surface area contributed by atoms with E-state index in [1.165, 1.54) is 19.3 Å². The van der Waals surface area contributed by atoms with Crippen molar-refractivity contribution in [1.82, 2.24) is 9.78 Å². The Hall–Kier alpha value is -0.350. The van der Waals surface area contributed by atoms with Crippen molar-refractivity contribution in [2.75, 3.05) is 0 Å². The minimum atomic E-state index is -0.237. The first-order valence-electron chi connectivity index (χ1n) is 7.41.